The molecule has 132 valence electrons. The minimum Gasteiger partial charge on any atom is -0.486 e. The van der Waals surface area contributed by atoms with E-state index in [9.17, 15) is 18.0 Å². The predicted octanol–water partition coefficient (Wildman–Crippen LogP) is 2.50. The van der Waals surface area contributed by atoms with Gasteiger partial charge in [0, 0.05) is 12.6 Å². The molecule has 10 heteroatoms. The van der Waals surface area contributed by atoms with Crippen molar-refractivity contribution in [2.24, 2.45) is 7.05 Å². The van der Waals surface area contributed by atoms with E-state index in [0.717, 1.165) is 12.1 Å². The molecule has 0 unspecified atom stereocenters. The summed E-state index contributed by atoms with van der Waals surface area (Å²) < 4.78 is 46.5. The number of rotatable bonds is 4. The molecule has 0 aliphatic rings. The Hall–Kier alpha value is -3.48. The molecule has 0 fully saturated rings. The number of benzene rings is 1. The number of hydrogen-bond donors (Lipinski definition) is 0. The normalized spacial score (nSPS) is 11.3. The third kappa shape index (κ3) is 3.06. The molecule has 0 bridgehead atoms. The standard InChI is InChI=1S/C16H10F3N5O2/c1-24-8-21-14-13(22-12(7-20)23-15(14)24)9-2-3-11(26-5-4-25)10(6-9)16(17,18)19/h2-4,6,8H,5H2,1H3. The van der Waals surface area contributed by atoms with Gasteiger partial charge in [-0.3, -0.25) is 4.79 Å². The Balaban J connectivity index is 2.23. The molecule has 0 saturated heterocycles. The highest BCUT2D eigenvalue weighted by Gasteiger charge is 2.35. The molecule has 0 aliphatic carbocycles. The van der Waals surface area contributed by atoms with E-state index < -0.39 is 24.1 Å². The number of halogens is 3. The molecular weight excluding hydrogens is 351 g/mol. The van der Waals surface area contributed by atoms with Gasteiger partial charge in [-0.15, -0.1) is 0 Å². The zero-order valence-corrected chi connectivity index (χ0v) is 13.3. The third-order valence-corrected chi connectivity index (χ3v) is 3.53. The molecule has 7 nitrogen and oxygen atoms in total. The summed E-state index contributed by atoms with van der Waals surface area (Å²) in [5.41, 5.74) is -0.279. The van der Waals surface area contributed by atoms with E-state index in [-0.39, 0.29) is 22.6 Å². The lowest BCUT2D eigenvalue weighted by Gasteiger charge is -2.14. The average molecular weight is 361 g/mol. The van der Waals surface area contributed by atoms with Crippen molar-refractivity contribution in [3.8, 4) is 23.1 Å². The highest BCUT2D eigenvalue weighted by Crippen LogP contribution is 2.39. The van der Waals surface area contributed by atoms with Crippen LogP contribution in [0.15, 0.2) is 24.5 Å². The van der Waals surface area contributed by atoms with Crippen molar-refractivity contribution in [1.82, 2.24) is 19.5 Å². The van der Waals surface area contributed by atoms with E-state index >= 15 is 0 Å². The summed E-state index contributed by atoms with van der Waals surface area (Å²) in [6, 6.07) is 5.08. The molecule has 0 saturated carbocycles. The quantitative estimate of drug-likeness (QED) is 0.663. The SMILES string of the molecule is Cn1cnc2c(-c3ccc(OCC=O)c(C(F)(F)F)c3)nc(C#N)nc21. The largest absolute Gasteiger partial charge is 0.486 e. The maximum atomic E-state index is 13.4. The van der Waals surface area contributed by atoms with Crippen LogP contribution in [0.4, 0.5) is 13.2 Å². The van der Waals surface area contributed by atoms with Gasteiger partial charge in [-0.1, -0.05) is 0 Å². The van der Waals surface area contributed by atoms with Crippen molar-refractivity contribution in [1.29, 1.82) is 5.26 Å². The van der Waals surface area contributed by atoms with Crippen molar-refractivity contribution < 1.29 is 22.7 Å². The van der Waals surface area contributed by atoms with Crippen LogP contribution in [0.2, 0.25) is 0 Å². The highest BCUT2D eigenvalue weighted by molar-refractivity contribution is 5.88. The Morgan fingerprint density at radius 3 is 2.77 bits per heavy atom. The van der Waals surface area contributed by atoms with Crippen LogP contribution in [0, 0.1) is 11.3 Å². The Kier molecular flexibility index (Phi) is 4.29. The van der Waals surface area contributed by atoms with E-state index in [0.29, 0.717) is 11.9 Å². The second-order valence-electron chi connectivity index (χ2n) is 5.22. The smallest absolute Gasteiger partial charge is 0.419 e. The lowest BCUT2D eigenvalue weighted by atomic mass is 10.1. The zero-order valence-electron chi connectivity index (χ0n) is 13.3. The van der Waals surface area contributed by atoms with Gasteiger partial charge < -0.3 is 9.30 Å². The van der Waals surface area contributed by atoms with Gasteiger partial charge in [-0.2, -0.15) is 23.4 Å². The molecule has 3 aromatic rings. The summed E-state index contributed by atoms with van der Waals surface area (Å²) in [7, 11) is 1.64. The molecule has 0 amide bonds. The zero-order chi connectivity index (χ0) is 18.9. The fraction of sp³-hybridized carbons (Fsp3) is 0.188. The summed E-state index contributed by atoms with van der Waals surface area (Å²) in [5.74, 6) is -0.661. The number of carbonyl (C=O) groups excluding carboxylic acids is 1. The molecule has 2 aromatic heterocycles. The van der Waals surface area contributed by atoms with Crippen LogP contribution in [-0.2, 0) is 18.0 Å². The van der Waals surface area contributed by atoms with Crippen molar-refractivity contribution >= 4 is 17.5 Å². The van der Waals surface area contributed by atoms with E-state index in [4.69, 9.17) is 10.00 Å². The molecule has 26 heavy (non-hydrogen) atoms. The summed E-state index contributed by atoms with van der Waals surface area (Å²) in [5, 5.41) is 9.08. The van der Waals surface area contributed by atoms with Gasteiger partial charge in [0.2, 0.25) is 5.82 Å². The number of carbonyl (C=O) groups is 1. The lowest BCUT2D eigenvalue weighted by molar-refractivity contribution is -0.139. The Bertz CT molecular complexity index is 1040. The first-order valence-corrected chi connectivity index (χ1v) is 7.22. The first kappa shape index (κ1) is 17.3. The van der Waals surface area contributed by atoms with Crippen molar-refractivity contribution in [2.45, 2.75) is 6.18 Å². The van der Waals surface area contributed by atoms with Crippen molar-refractivity contribution in [2.75, 3.05) is 6.61 Å². The van der Waals surface area contributed by atoms with Crippen LogP contribution in [0.1, 0.15) is 11.4 Å². The number of ether oxygens (including phenoxy) is 1. The molecule has 0 spiro atoms. The van der Waals surface area contributed by atoms with Crippen LogP contribution in [0.3, 0.4) is 0 Å². The van der Waals surface area contributed by atoms with E-state index in [2.05, 4.69) is 15.0 Å². The number of aldehydes is 1. The van der Waals surface area contributed by atoms with Crippen LogP contribution in [0.5, 0.6) is 5.75 Å². The van der Waals surface area contributed by atoms with Crippen molar-refractivity contribution in [3.05, 3.63) is 35.9 Å². The van der Waals surface area contributed by atoms with Gasteiger partial charge in [-0.05, 0) is 18.2 Å². The van der Waals surface area contributed by atoms with Gasteiger partial charge in [0.1, 0.15) is 29.6 Å². The number of fused-ring (bicyclic) bond motifs is 1. The number of aromatic nitrogens is 4. The van der Waals surface area contributed by atoms with Crippen LogP contribution >= 0.6 is 0 Å². The Morgan fingerprint density at radius 2 is 2.12 bits per heavy atom. The van der Waals surface area contributed by atoms with Gasteiger partial charge in [-0.25, -0.2) is 9.97 Å². The monoisotopic (exact) mass is 361 g/mol. The van der Waals surface area contributed by atoms with Crippen molar-refractivity contribution in [3.63, 3.8) is 0 Å². The van der Waals surface area contributed by atoms with Crippen LogP contribution < -0.4 is 4.74 Å². The third-order valence-electron chi connectivity index (χ3n) is 3.53. The average Bonchev–Trinajstić information content (AvgIpc) is 2.99. The highest BCUT2D eigenvalue weighted by atomic mass is 19.4. The predicted molar refractivity (Wildman–Crippen MR) is 83.0 cm³/mol. The van der Waals surface area contributed by atoms with E-state index in [1.165, 1.54) is 17.0 Å². The Morgan fingerprint density at radius 1 is 1.35 bits per heavy atom. The summed E-state index contributed by atoms with van der Waals surface area (Å²) in [6.07, 6.45) is -2.92. The first-order valence-electron chi connectivity index (χ1n) is 7.22. The molecular formula is C16H10F3N5O2. The maximum Gasteiger partial charge on any atom is 0.419 e. The molecule has 2 heterocycles. The van der Waals surface area contributed by atoms with E-state index in [1.54, 1.807) is 13.1 Å². The molecule has 0 aliphatic heterocycles. The van der Waals surface area contributed by atoms with Gasteiger partial charge in [0.15, 0.2) is 11.9 Å². The topological polar surface area (TPSA) is 93.7 Å². The molecule has 0 radical (unpaired) electrons. The van der Waals surface area contributed by atoms with Crippen LogP contribution in [0.25, 0.3) is 22.4 Å². The van der Waals surface area contributed by atoms with Gasteiger partial charge >= 0.3 is 6.18 Å². The molecule has 1 aromatic carbocycles. The number of alkyl halides is 3. The van der Waals surface area contributed by atoms with Crippen LogP contribution in [-0.4, -0.2) is 32.4 Å². The fourth-order valence-corrected chi connectivity index (χ4v) is 2.41. The lowest BCUT2D eigenvalue weighted by Crippen LogP contribution is -2.10. The van der Waals surface area contributed by atoms with Gasteiger partial charge in [0.25, 0.3) is 0 Å². The molecule has 0 N–H and O–H groups in total. The Labute approximate surface area is 144 Å². The van der Waals surface area contributed by atoms with E-state index in [1.807, 2.05) is 0 Å². The number of hydrogen-bond acceptors (Lipinski definition) is 6. The first-order chi connectivity index (χ1) is 12.3. The molecule has 3 rings (SSSR count). The number of aryl methyl sites for hydroxylation is 1. The minimum atomic E-state index is -4.71. The summed E-state index contributed by atoms with van der Waals surface area (Å²) >= 11 is 0. The fourth-order valence-electron chi connectivity index (χ4n) is 2.41. The second kappa shape index (κ2) is 6.44. The maximum absolute atomic E-state index is 13.4. The minimum absolute atomic E-state index is 0.0957. The number of imidazole rings is 1. The second-order valence-corrected chi connectivity index (χ2v) is 5.22. The number of nitrogens with zero attached hydrogens (tertiary/aromatic N) is 5. The number of nitriles is 1. The summed E-state index contributed by atoms with van der Waals surface area (Å²) in [6.45, 7) is -0.501. The van der Waals surface area contributed by atoms with Gasteiger partial charge in [0.05, 0.1) is 11.9 Å². The summed E-state index contributed by atoms with van der Waals surface area (Å²) in [4.78, 5) is 22.5. The molecule has 0 atom stereocenters.